The molecule has 0 heterocycles. The van der Waals surface area contributed by atoms with Crippen molar-refractivity contribution in [1.82, 2.24) is 4.72 Å². The van der Waals surface area contributed by atoms with Crippen LogP contribution >= 0.6 is 11.6 Å². The van der Waals surface area contributed by atoms with Gasteiger partial charge >= 0.3 is 5.97 Å². The van der Waals surface area contributed by atoms with Gasteiger partial charge in [0.25, 0.3) is 0 Å². The van der Waals surface area contributed by atoms with Crippen LogP contribution < -0.4 is 9.46 Å². The summed E-state index contributed by atoms with van der Waals surface area (Å²) in [5.74, 6) is -0.0236. The van der Waals surface area contributed by atoms with Crippen LogP contribution in [0.3, 0.4) is 0 Å². The molecule has 0 fully saturated rings. The van der Waals surface area contributed by atoms with Gasteiger partial charge in [-0.2, -0.15) is 0 Å². The molecule has 1 atom stereocenters. The molecule has 0 aliphatic carbocycles. The van der Waals surface area contributed by atoms with Crippen molar-refractivity contribution in [2.45, 2.75) is 17.9 Å². The van der Waals surface area contributed by atoms with Gasteiger partial charge < -0.3 is 9.47 Å². The molecule has 6 nitrogen and oxygen atoms in total. The number of carbonyl (C=O) groups excluding carboxylic acids is 1. The second kappa shape index (κ2) is 7.86. The SMILES string of the molecule is COC(=O)c1cc(S(=O)(=O)NC(C)c2ccc(OC)cc2)ccc1Cl. The summed E-state index contributed by atoms with van der Waals surface area (Å²) >= 11 is 5.92. The molecule has 8 heteroatoms. The number of esters is 1. The minimum absolute atomic E-state index is 0.0101. The molecule has 0 saturated carbocycles. The summed E-state index contributed by atoms with van der Waals surface area (Å²) in [4.78, 5) is 11.6. The molecule has 2 rings (SSSR count). The van der Waals surface area contributed by atoms with Gasteiger partial charge in [-0.05, 0) is 42.8 Å². The van der Waals surface area contributed by atoms with Crippen LogP contribution in [0.25, 0.3) is 0 Å². The average molecular weight is 384 g/mol. The fourth-order valence-electron chi connectivity index (χ4n) is 2.20. The Morgan fingerprint density at radius 3 is 2.32 bits per heavy atom. The molecule has 1 unspecified atom stereocenters. The third-order valence-electron chi connectivity index (χ3n) is 3.60. The predicted octanol–water partition coefficient (Wildman–Crippen LogP) is 3.17. The summed E-state index contributed by atoms with van der Waals surface area (Å²) in [5.41, 5.74) is 0.760. The fourth-order valence-corrected chi connectivity index (χ4v) is 3.65. The monoisotopic (exact) mass is 383 g/mol. The Labute approximate surface area is 151 Å². The van der Waals surface area contributed by atoms with Gasteiger partial charge in [-0.3, -0.25) is 0 Å². The molecule has 2 aromatic rings. The van der Waals surface area contributed by atoms with Crippen LogP contribution in [-0.4, -0.2) is 28.6 Å². The maximum absolute atomic E-state index is 12.6. The van der Waals surface area contributed by atoms with Crippen LogP contribution in [0, 0.1) is 0 Å². The van der Waals surface area contributed by atoms with E-state index < -0.39 is 22.0 Å². The van der Waals surface area contributed by atoms with Crippen molar-refractivity contribution in [3.05, 3.63) is 58.6 Å². The van der Waals surface area contributed by atoms with Gasteiger partial charge in [0.2, 0.25) is 10.0 Å². The lowest BCUT2D eigenvalue weighted by molar-refractivity contribution is 0.0600. The number of hydrogen-bond acceptors (Lipinski definition) is 5. The maximum atomic E-state index is 12.6. The molecule has 0 aromatic heterocycles. The Kier molecular flexibility index (Phi) is 6.05. The van der Waals surface area contributed by atoms with Crippen molar-refractivity contribution in [2.24, 2.45) is 0 Å². The number of hydrogen-bond donors (Lipinski definition) is 1. The number of carbonyl (C=O) groups is 1. The van der Waals surface area contributed by atoms with Crippen molar-refractivity contribution in [3.8, 4) is 5.75 Å². The standard InChI is InChI=1S/C17H18ClNO5S/c1-11(12-4-6-13(23-2)7-5-12)19-25(21,22)14-8-9-16(18)15(10-14)17(20)24-3/h4-11,19H,1-3H3. The summed E-state index contributed by atoms with van der Waals surface area (Å²) in [5, 5.41) is 0.119. The molecule has 1 N–H and O–H groups in total. The van der Waals surface area contributed by atoms with Crippen LogP contribution in [0.2, 0.25) is 5.02 Å². The van der Waals surface area contributed by atoms with E-state index in [0.717, 1.165) is 5.56 Å². The first-order chi connectivity index (χ1) is 11.8. The van der Waals surface area contributed by atoms with Gasteiger partial charge in [-0.25, -0.2) is 17.9 Å². The van der Waals surface area contributed by atoms with Gasteiger partial charge in [-0.15, -0.1) is 0 Å². The number of halogens is 1. The van der Waals surface area contributed by atoms with Crippen molar-refractivity contribution in [3.63, 3.8) is 0 Å². The molecule has 25 heavy (non-hydrogen) atoms. The topological polar surface area (TPSA) is 81.7 Å². The number of ether oxygens (including phenoxy) is 2. The van der Waals surface area contributed by atoms with Crippen LogP contribution in [-0.2, 0) is 14.8 Å². The molecular formula is C17H18ClNO5S. The van der Waals surface area contributed by atoms with E-state index in [1.165, 1.54) is 25.3 Å². The first-order valence-corrected chi connectivity index (χ1v) is 9.18. The third kappa shape index (κ3) is 4.50. The van der Waals surface area contributed by atoms with Gasteiger partial charge in [0, 0.05) is 6.04 Å². The number of rotatable bonds is 6. The second-order valence-corrected chi connectivity index (χ2v) is 7.37. The molecule has 0 saturated heterocycles. The summed E-state index contributed by atoms with van der Waals surface area (Å²) in [6.45, 7) is 1.72. The third-order valence-corrected chi connectivity index (χ3v) is 5.47. The zero-order valence-corrected chi connectivity index (χ0v) is 15.5. The van der Waals surface area contributed by atoms with Crippen molar-refractivity contribution in [2.75, 3.05) is 14.2 Å². The fraction of sp³-hybridized carbons (Fsp3) is 0.235. The van der Waals surface area contributed by atoms with Crippen molar-refractivity contribution >= 4 is 27.6 Å². The van der Waals surface area contributed by atoms with Crippen molar-refractivity contribution in [1.29, 1.82) is 0 Å². The highest BCUT2D eigenvalue weighted by molar-refractivity contribution is 7.89. The summed E-state index contributed by atoms with van der Waals surface area (Å²) in [6.07, 6.45) is 0. The average Bonchev–Trinajstić information content (AvgIpc) is 2.61. The smallest absolute Gasteiger partial charge is 0.339 e. The van der Waals surface area contributed by atoms with E-state index in [1.54, 1.807) is 38.3 Å². The summed E-state index contributed by atoms with van der Waals surface area (Å²) < 4.78 is 37.4. The number of sulfonamides is 1. The van der Waals surface area contributed by atoms with Gasteiger partial charge in [-0.1, -0.05) is 23.7 Å². The van der Waals surface area contributed by atoms with Crippen LogP contribution in [0.15, 0.2) is 47.4 Å². The highest BCUT2D eigenvalue weighted by Crippen LogP contribution is 2.23. The lowest BCUT2D eigenvalue weighted by Gasteiger charge is -2.15. The first kappa shape index (κ1) is 19.2. The Bertz CT molecular complexity index is 865. The molecule has 134 valence electrons. The van der Waals surface area contributed by atoms with E-state index in [0.29, 0.717) is 5.75 Å². The number of methoxy groups -OCH3 is 2. The van der Waals surface area contributed by atoms with E-state index in [2.05, 4.69) is 9.46 Å². The zero-order chi connectivity index (χ0) is 18.6. The van der Waals surface area contributed by atoms with Gasteiger partial charge in [0.15, 0.2) is 0 Å². The highest BCUT2D eigenvalue weighted by Gasteiger charge is 2.21. The van der Waals surface area contributed by atoms with E-state index in [1.807, 2.05) is 0 Å². The van der Waals surface area contributed by atoms with Gasteiger partial charge in [0.05, 0.1) is 29.7 Å². The number of benzene rings is 2. The molecule has 0 bridgehead atoms. The van der Waals surface area contributed by atoms with Crippen molar-refractivity contribution < 1.29 is 22.7 Å². The Balaban J connectivity index is 2.27. The summed E-state index contributed by atoms with van der Waals surface area (Å²) in [7, 11) is -1.10. The lowest BCUT2D eigenvalue weighted by Crippen LogP contribution is -2.27. The molecule has 2 aromatic carbocycles. The Morgan fingerprint density at radius 1 is 1.12 bits per heavy atom. The van der Waals surface area contributed by atoms with Crippen LogP contribution in [0.4, 0.5) is 0 Å². The maximum Gasteiger partial charge on any atom is 0.339 e. The zero-order valence-electron chi connectivity index (χ0n) is 13.9. The first-order valence-electron chi connectivity index (χ1n) is 7.32. The van der Waals surface area contributed by atoms with E-state index in [9.17, 15) is 13.2 Å². The summed E-state index contributed by atoms with van der Waals surface area (Å²) in [6, 6.07) is 10.4. The van der Waals surface area contributed by atoms with E-state index in [4.69, 9.17) is 16.3 Å². The molecule has 0 radical (unpaired) electrons. The predicted molar refractivity (Wildman–Crippen MR) is 94.5 cm³/mol. The molecule has 0 amide bonds. The van der Waals surface area contributed by atoms with Crippen LogP contribution in [0.1, 0.15) is 28.9 Å². The second-order valence-electron chi connectivity index (χ2n) is 5.25. The molecular weight excluding hydrogens is 366 g/mol. The minimum atomic E-state index is -3.85. The lowest BCUT2D eigenvalue weighted by atomic mass is 10.1. The van der Waals surface area contributed by atoms with Gasteiger partial charge in [0.1, 0.15) is 5.75 Å². The quantitative estimate of drug-likeness (QED) is 0.775. The minimum Gasteiger partial charge on any atom is -0.497 e. The highest BCUT2D eigenvalue weighted by atomic mass is 35.5. The van der Waals surface area contributed by atoms with Crippen LogP contribution in [0.5, 0.6) is 5.75 Å². The largest absolute Gasteiger partial charge is 0.497 e. The Hall–Kier alpha value is -2.09. The van der Waals surface area contributed by atoms with E-state index >= 15 is 0 Å². The number of nitrogens with one attached hydrogen (secondary N) is 1. The molecule has 0 aliphatic rings. The normalized spacial score (nSPS) is 12.5. The Morgan fingerprint density at radius 2 is 1.76 bits per heavy atom. The van der Waals surface area contributed by atoms with E-state index in [-0.39, 0.29) is 15.5 Å². The molecule has 0 aliphatic heterocycles. The molecule has 0 spiro atoms.